The number of hydrogen-bond acceptors (Lipinski definition) is 16. The summed E-state index contributed by atoms with van der Waals surface area (Å²) in [5.41, 5.74) is 6.21. The minimum atomic E-state index is -1.84. The minimum Gasteiger partial charge on any atom is -0.508 e. The zero-order valence-electron chi connectivity index (χ0n) is 46.9. The van der Waals surface area contributed by atoms with Gasteiger partial charge in [0.15, 0.2) is 0 Å². The predicted octanol–water partition coefficient (Wildman–Crippen LogP) is -2.71. The van der Waals surface area contributed by atoms with Crippen molar-refractivity contribution in [2.24, 2.45) is 23.5 Å². The minimum absolute atomic E-state index is 0.0930. The second kappa shape index (κ2) is 33.1. The molecule has 1 saturated heterocycles. The second-order valence-corrected chi connectivity index (χ2v) is 21.2. The Morgan fingerprint density at radius 2 is 0.988 bits per heavy atom. The maximum atomic E-state index is 14.3. The van der Waals surface area contributed by atoms with Gasteiger partial charge in [0.1, 0.15) is 59.8 Å². The topological polar surface area (TPSA) is 469 Å². The first kappa shape index (κ1) is 68.4. The number of nitrogens with two attached hydrogens (primary N) is 1. The molecule has 17 N–H and O–H groups in total. The van der Waals surface area contributed by atoms with E-state index >= 15 is 0 Å². The van der Waals surface area contributed by atoms with Crippen molar-refractivity contribution in [2.75, 3.05) is 13.1 Å². The van der Waals surface area contributed by atoms with E-state index in [2.05, 4.69) is 53.2 Å². The van der Waals surface area contributed by atoms with Crippen LogP contribution in [0.25, 0.3) is 0 Å². The van der Waals surface area contributed by atoms with Crippen LogP contribution in [0.4, 0.5) is 0 Å². The summed E-state index contributed by atoms with van der Waals surface area (Å²) in [6.07, 6.45) is -2.13. The van der Waals surface area contributed by atoms with Crippen molar-refractivity contribution in [3.8, 4) is 11.5 Å². The number of phenols is 2. The van der Waals surface area contributed by atoms with Gasteiger partial charge in [0.25, 0.3) is 0 Å². The van der Waals surface area contributed by atoms with E-state index in [0.29, 0.717) is 30.5 Å². The second-order valence-electron chi connectivity index (χ2n) is 21.2. The molecule has 0 spiro atoms. The molecule has 83 heavy (non-hydrogen) atoms. The van der Waals surface area contributed by atoms with Crippen LogP contribution in [-0.2, 0) is 75.2 Å². The van der Waals surface area contributed by atoms with Gasteiger partial charge in [0, 0.05) is 19.3 Å². The molecule has 456 valence electrons. The van der Waals surface area contributed by atoms with Gasteiger partial charge in [-0.1, -0.05) is 65.8 Å². The van der Waals surface area contributed by atoms with Crippen LogP contribution in [0.3, 0.4) is 0 Å². The van der Waals surface area contributed by atoms with Crippen molar-refractivity contribution >= 4 is 77.0 Å². The Hall–Kier alpha value is -8.89. The van der Waals surface area contributed by atoms with Crippen LogP contribution in [0.5, 0.6) is 11.5 Å². The summed E-state index contributed by atoms with van der Waals surface area (Å²) in [5, 5.41) is 73.1. The SMILES string of the molecule is CC(C)C[C@H](NC(=O)[C@H](CC(=O)O)NC(=O)CNC(=O)[C@H](CCC(=O)O)NC(=O)[C@@H]1CCCN1)C(=O)N[C@H](C(=O)N[C@@H](Cc1ccc(O)cc1)C(=O)N[C@H](C(=O)N[C@@H](CC(N)=O)C(=O)N[C@@H](Cc1ccc(O)cc1)C(=O)O)C(C)C)C(C)C. The summed E-state index contributed by atoms with van der Waals surface area (Å²) in [7, 11) is 0. The van der Waals surface area contributed by atoms with E-state index in [1.54, 1.807) is 27.7 Å². The fraction of sp³-hybridized carbons (Fsp3) is 0.537. The number of aliphatic carboxylic acids is 3. The molecule has 2 aromatic rings. The lowest BCUT2D eigenvalue weighted by atomic mass is 9.98. The van der Waals surface area contributed by atoms with Crippen molar-refractivity contribution in [1.29, 1.82) is 0 Å². The lowest BCUT2D eigenvalue weighted by molar-refractivity contribution is -0.142. The number of carboxylic acid groups (broad SMARTS) is 3. The molecule has 29 heteroatoms. The summed E-state index contributed by atoms with van der Waals surface area (Å²) in [6.45, 7) is 9.23. The zero-order valence-corrected chi connectivity index (χ0v) is 46.9. The highest BCUT2D eigenvalue weighted by Gasteiger charge is 2.37. The number of aromatic hydroxyl groups is 2. The maximum absolute atomic E-state index is 14.3. The average molecular weight is 1170 g/mol. The largest absolute Gasteiger partial charge is 0.508 e. The lowest BCUT2D eigenvalue weighted by Gasteiger charge is -2.30. The smallest absolute Gasteiger partial charge is 0.326 e. The summed E-state index contributed by atoms with van der Waals surface area (Å²) in [6, 6.07) is -2.14. The maximum Gasteiger partial charge on any atom is 0.326 e. The lowest BCUT2D eigenvalue weighted by Crippen LogP contribution is -2.62. The quantitative estimate of drug-likeness (QED) is 0.0339. The van der Waals surface area contributed by atoms with E-state index in [-0.39, 0.29) is 43.1 Å². The van der Waals surface area contributed by atoms with Crippen LogP contribution in [-0.4, -0.2) is 170 Å². The van der Waals surface area contributed by atoms with Gasteiger partial charge in [-0.2, -0.15) is 0 Å². The fourth-order valence-corrected chi connectivity index (χ4v) is 8.54. The van der Waals surface area contributed by atoms with Crippen LogP contribution in [0, 0.1) is 17.8 Å². The number of hydrogen-bond donors (Lipinski definition) is 16. The third kappa shape index (κ3) is 24.0. The van der Waals surface area contributed by atoms with E-state index < -0.39 is 169 Å². The van der Waals surface area contributed by atoms with E-state index in [9.17, 15) is 87.9 Å². The molecule has 1 fully saturated rings. The van der Waals surface area contributed by atoms with Crippen LogP contribution in [0.2, 0.25) is 0 Å². The molecular weight excluding hydrogens is 1090 g/mol. The average Bonchev–Trinajstić information content (AvgIpc) is 4.06. The van der Waals surface area contributed by atoms with Crippen LogP contribution in [0.1, 0.15) is 97.6 Å². The van der Waals surface area contributed by atoms with Gasteiger partial charge >= 0.3 is 17.9 Å². The van der Waals surface area contributed by atoms with Gasteiger partial charge in [-0.05, 0) is 85.4 Å². The highest BCUT2D eigenvalue weighted by atomic mass is 16.4. The zero-order chi connectivity index (χ0) is 62.2. The monoisotopic (exact) mass is 1170 g/mol. The molecule has 0 bridgehead atoms. The number of nitrogens with one attached hydrogen (secondary N) is 10. The number of amides is 10. The fourth-order valence-electron chi connectivity index (χ4n) is 8.54. The van der Waals surface area contributed by atoms with Gasteiger partial charge in [-0.3, -0.25) is 57.5 Å². The van der Waals surface area contributed by atoms with Crippen molar-refractivity contribution in [2.45, 2.75) is 154 Å². The predicted molar refractivity (Wildman–Crippen MR) is 293 cm³/mol. The Morgan fingerprint density at radius 1 is 0.530 bits per heavy atom. The molecule has 29 nitrogen and oxygen atoms in total. The van der Waals surface area contributed by atoms with Crippen LogP contribution < -0.4 is 58.9 Å². The number of primary amides is 1. The Kier molecular flexibility index (Phi) is 27.3. The summed E-state index contributed by atoms with van der Waals surface area (Å²) < 4.78 is 0. The van der Waals surface area contributed by atoms with Gasteiger partial charge < -0.3 is 84.4 Å². The molecule has 3 rings (SSSR count). The van der Waals surface area contributed by atoms with E-state index in [4.69, 9.17) is 5.73 Å². The van der Waals surface area contributed by atoms with E-state index in [1.165, 1.54) is 62.4 Å². The third-order valence-electron chi connectivity index (χ3n) is 13.0. The first-order chi connectivity index (χ1) is 38.9. The molecular formula is C54H77N11O18. The Morgan fingerprint density at radius 3 is 1.43 bits per heavy atom. The van der Waals surface area contributed by atoms with Crippen molar-refractivity contribution in [1.82, 2.24) is 53.2 Å². The van der Waals surface area contributed by atoms with Gasteiger partial charge in [-0.25, -0.2) is 4.79 Å². The summed E-state index contributed by atoms with van der Waals surface area (Å²) in [5.74, 6) is -16.1. The Bertz CT molecular complexity index is 2640. The standard InChI is InChI=1S/C54H77N11O18/c1-26(2)20-35(60-49(77)38(24-43(72)73)58-41(69)25-57-46(74)34(17-18-42(70)71)59-47(75)33-8-7-19-56-33)50(78)64-44(27(3)4)52(80)61-36(21-29-9-13-31(66)14-10-29)51(79)65-45(28(5)6)53(81)62-37(23-40(55)68)48(76)63-39(54(82)83)22-30-11-15-32(67)16-12-30/h9-16,26-28,33-39,44-45,56,66-67H,7-8,17-25H2,1-6H3,(H2,55,68)(H,57,74)(H,58,69)(H,59,75)(H,60,77)(H,61,80)(H,62,81)(H,63,76)(H,64,78)(H,65,79)(H,70,71)(H,72,73)(H,82,83)/t33-,34-,35-,36-,37-,38-,39-,44-,45-/m0/s1. The van der Waals surface area contributed by atoms with Gasteiger partial charge in [0.05, 0.1) is 25.4 Å². The summed E-state index contributed by atoms with van der Waals surface area (Å²) in [4.78, 5) is 171. The van der Waals surface area contributed by atoms with Crippen molar-refractivity contribution in [3.05, 3.63) is 59.7 Å². The van der Waals surface area contributed by atoms with E-state index in [1.807, 2.05) is 0 Å². The molecule has 9 atom stereocenters. The van der Waals surface area contributed by atoms with Crippen molar-refractivity contribution < 1.29 is 87.9 Å². The van der Waals surface area contributed by atoms with Gasteiger partial charge in [-0.15, -0.1) is 0 Å². The normalized spacial score (nSPS) is 15.8. The number of rotatable bonds is 34. The number of carboxylic acids is 3. The molecule has 0 radical (unpaired) electrons. The third-order valence-corrected chi connectivity index (χ3v) is 13.0. The Labute approximate surface area is 478 Å². The number of carbonyl (C=O) groups excluding carboxylic acids is 10. The highest BCUT2D eigenvalue weighted by Crippen LogP contribution is 2.16. The summed E-state index contributed by atoms with van der Waals surface area (Å²) >= 11 is 0. The molecule has 10 amide bonds. The van der Waals surface area contributed by atoms with Crippen LogP contribution >= 0.6 is 0 Å². The van der Waals surface area contributed by atoms with Gasteiger partial charge in [0.2, 0.25) is 59.1 Å². The highest BCUT2D eigenvalue weighted by molar-refractivity contribution is 5.99. The number of carbonyl (C=O) groups is 13. The Balaban J connectivity index is 1.82. The van der Waals surface area contributed by atoms with Crippen LogP contribution in [0.15, 0.2) is 48.5 Å². The number of phenolic OH excluding ortho intramolecular Hbond substituents is 2. The first-order valence-electron chi connectivity index (χ1n) is 26.9. The molecule has 0 aliphatic carbocycles. The molecule has 1 heterocycles. The molecule has 0 saturated carbocycles. The molecule has 1 aliphatic rings. The van der Waals surface area contributed by atoms with Crippen molar-refractivity contribution in [3.63, 3.8) is 0 Å². The molecule has 0 unspecified atom stereocenters. The first-order valence-corrected chi connectivity index (χ1v) is 26.9. The molecule has 2 aromatic carbocycles. The molecule has 1 aliphatic heterocycles. The van der Waals surface area contributed by atoms with E-state index in [0.717, 1.165) is 0 Å². The number of benzene rings is 2. The molecule has 0 aromatic heterocycles.